The minimum Gasteiger partial charge on any atom is -0.394 e. The number of ether oxygens (including phenoxy) is 2. The maximum atomic E-state index is 12.9. The van der Waals surface area contributed by atoms with Crippen LogP contribution < -0.4 is 5.32 Å². The van der Waals surface area contributed by atoms with Gasteiger partial charge in [0, 0.05) is 6.42 Å². The second kappa shape index (κ2) is 38.8. The van der Waals surface area contributed by atoms with E-state index in [1.165, 1.54) is 161 Å². The number of hydrogen-bond donors (Lipinski definition) is 6. The number of aliphatic hydroxyl groups excluding tert-OH is 5. The quantitative estimate of drug-likeness (QED) is 0.0265. The zero-order valence-electron chi connectivity index (χ0n) is 36.9. The molecule has 7 unspecified atom stereocenters. The number of allylic oxidation sites excluding steroid dienone is 3. The summed E-state index contributed by atoms with van der Waals surface area (Å²) in [4.78, 5) is 12.9. The number of unbranched alkanes of at least 4 members (excludes halogenated alkanes) is 28. The van der Waals surface area contributed by atoms with Crippen molar-refractivity contribution in [1.82, 2.24) is 5.32 Å². The van der Waals surface area contributed by atoms with E-state index in [4.69, 9.17) is 9.47 Å². The minimum atomic E-state index is -1.56. The van der Waals surface area contributed by atoms with Gasteiger partial charge in [-0.3, -0.25) is 4.79 Å². The van der Waals surface area contributed by atoms with Crippen LogP contribution in [0.4, 0.5) is 0 Å². The molecule has 336 valence electrons. The van der Waals surface area contributed by atoms with Gasteiger partial charge in [0.25, 0.3) is 0 Å². The van der Waals surface area contributed by atoms with Gasteiger partial charge in [-0.2, -0.15) is 0 Å². The SMILES string of the molecule is CCCCCCCCC/C=C/C(O)C(COC1OC(CO)C(O)C(O)C1O)NC(=O)CCCCCCCCCCC/C=C\CCCCCCCCCCCCCC. The molecular weight excluding hydrogens is 719 g/mol. The Morgan fingerprint density at radius 3 is 1.42 bits per heavy atom. The predicted molar refractivity (Wildman–Crippen MR) is 235 cm³/mol. The molecule has 6 N–H and O–H groups in total. The third-order valence-electron chi connectivity index (χ3n) is 11.5. The monoisotopic (exact) mass is 810 g/mol. The number of carbonyl (C=O) groups is 1. The molecule has 1 fully saturated rings. The van der Waals surface area contributed by atoms with Crippen LogP contribution in [0.1, 0.15) is 219 Å². The lowest BCUT2D eigenvalue weighted by atomic mass is 9.99. The van der Waals surface area contributed by atoms with Crippen molar-refractivity contribution in [2.45, 2.75) is 262 Å². The molecular formula is C48H91NO8. The molecule has 1 aliphatic heterocycles. The van der Waals surface area contributed by atoms with Crippen LogP contribution in [0.15, 0.2) is 24.3 Å². The van der Waals surface area contributed by atoms with Crippen LogP contribution in [-0.2, 0) is 14.3 Å². The van der Waals surface area contributed by atoms with Crippen molar-refractivity contribution in [1.29, 1.82) is 0 Å². The Labute approximate surface area is 349 Å². The fourth-order valence-electron chi connectivity index (χ4n) is 7.62. The van der Waals surface area contributed by atoms with Gasteiger partial charge in [0.15, 0.2) is 6.29 Å². The number of amides is 1. The lowest BCUT2D eigenvalue weighted by Crippen LogP contribution is -2.60. The highest BCUT2D eigenvalue weighted by Crippen LogP contribution is 2.23. The Morgan fingerprint density at radius 2 is 0.982 bits per heavy atom. The van der Waals surface area contributed by atoms with Gasteiger partial charge in [0.05, 0.1) is 25.4 Å². The zero-order valence-corrected chi connectivity index (χ0v) is 36.9. The van der Waals surface area contributed by atoms with Gasteiger partial charge in [-0.1, -0.05) is 192 Å². The molecule has 1 heterocycles. The Hall–Kier alpha value is -1.33. The number of aliphatic hydroxyl groups is 5. The summed E-state index contributed by atoms with van der Waals surface area (Å²) in [5.41, 5.74) is 0. The summed E-state index contributed by atoms with van der Waals surface area (Å²) < 4.78 is 11.2. The van der Waals surface area contributed by atoms with Gasteiger partial charge >= 0.3 is 0 Å². The van der Waals surface area contributed by atoms with Gasteiger partial charge in [-0.25, -0.2) is 0 Å². The van der Waals surface area contributed by atoms with Crippen molar-refractivity contribution in [2.24, 2.45) is 0 Å². The van der Waals surface area contributed by atoms with Gasteiger partial charge < -0.3 is 40.3 Å². The smallest absolute Gasteiger partial charge is 0.220 e. The lowest BCUT2D eigenvalue weighted by Gasteiger charge is -2.40. The largest absolute Gasteiger partial charge is 0.394 e. The van der Waals surface area contributed by atoms with Gasteiger partial charge in [-0.05, 0) is 44.9 Å². The molecule has 9 nitrogen and oxygen atoms in total. The van der Waals surface area contributed by atoms with E-state index in [-0.39, 0.29) is 12.5 Å². The summed E-state index contributed by atoms with van der Waals surface area (Å²) in [6, 6.07) is -0.801. The standard InChI is InChI=1S/C48H91NO8/c1-3-5-7-9-11-13-14-15-16-17-18-19-20-21-22-23-24-25-26-27-28-30-32-34-36-38-44(52)49-41(42(51)37-35-33-31-29-12-10-8-6-4-2)40-56-48-47(55)46(54)45(53)43(39-50)57-48/h21-22,35,37,41-43,45-48,50-51,53-55H,3-20,23-34,36,38-40H2,1-2H3,(H,49,52)/b22-21-,37-35+. The van der Waals surface area contributed by atoms with Crippen LogP contribution in [0.3, 0.4) is 0 Å². The highest BCUT2D eigenvalue weighted by Gasteiger charge is 2.44. The van der Waals surface area contributed by atoms with Crippen LogP contribution in [0, 0.1) is 0 Å². The highest BCUT2D eigenvalue weighted by molar-refractivity contribution is 5.76. The number of rotatable bonds is 40. The molecule has 0 spiro atoms. The van der Waals surface area contributed by atoms with Crippen LogP contribution in [0.5, 0.6) is 0 Å². The Morgan fingerprint density at radius 1 is 0.579 bits per heavy atom. The van der Waals surface area contributed by atoms with Gasteiger partial charge in [0.1, 0.15) is 24.4 Å². The Balaban J connectivity index is 2.20. The van der Waals surface area contributed by atoms with Crippen molar-refractivity contribution in [3.8, 4) is 0 Å². The summed E-state index contributed by atoms with van der Waals surface area (Å²) in [5, 5.41) is 54.0. The first-order chi connectivity index (χ1) is 27.8. The number of hydrogen-bond acceptors (Lipinski definition) is 8. The maximum Gasteiger partial charge on any atom is 0.220 e. The van der Waals surface area contributed by atoms with Crippen molar-refractivity contribution in [3.63, 3.8) is 0 Å². The summed E-state index contributed by atoms with van der Waals surface area (Å²) in [6.45, 7) is 3.75. The Kier molecular flexibility index (Phi) is 36.6. The van der Waals surface area contributed by atoms with Crippen LogP contribution in [-0.4, -0.2) is 87.5 Å². The summed E-state index contributed by atoms with van der Waals surface area (Å²) in [6.07, 6.45) is 39.6. The fourth-order valence-corrected chi connectivity index (χ4v) is 7.62. The third-order valence-corrected chi connectivity index (χ3v) is 11.5. The van der Waals surface area contributed by atoms with Crippen molar-refractivity contribution in [3.05, 3.63) is 24.3 Å². The predicted octanol–water partition coefficient (Wildman–Crippen LogP) is 10.3. The van der Waals surface area contributed by atoms with E-state index in [1.807, 2.05) is 6.08 Å². The minimum absolute atomic E-state index is 0.180. The molecule has 7 atom stereocenters. The molecule has 0 aromatic carbocycles. The molecule has 0 aromatic rings. The van der Waals surface area contributed by atoms with Crippen molar-refractivity contribution < 1.29 is 39.8 Å². The number of carbonyl (C=O) groups excluding carboxylic acids is 1. The summed E-state index contributed by atoms with van der Waals surface area (Å²) >= 11 is 0. The fraction of sp³-hybridized carbons (Fsp3) is 0.896. The van der Waals surface area contributed by atoms with Crippen LogP contribution in [0.25, 0.3) is 0 Å². The molecule has 0 aliphatic carbocycles. The van der Waals surface area contributed by atoms with E-state index in [9.17, 15) is 30.3 Å². The van der Waals surface area contributed by atoms with E-state index in [0.29, 0.717) is 6.42 Å². The van der Waals surface area contributed by atoms with E-state index in [1.54, 1.807) is 6.08 Å². The highest BCUT2D eigenvalue weighted by atomic mass is 16.7. The molecule has 1 amide bonds. The van der Waals surface area contributed by atoms with Crippen molar-refractivity contribution >= 4 is 5.91 Å². The summed E-state index contributed by atoms with van der Waals surface area (Å²) in [7, 11) is 0. The molecule has 0 aromatic heterocycles. The molecule has 9 heteroatoms. The second-order valence-corrected chi connectivity index (χ2v) is 16.9. The average Bonchev–Trinajstić information content (AvgIpc) is 3.21. The normalized spacial score (nSPS) is 21.1. The van der Waals surface area contributed by atoms with Gasteiger partial charge in [0.2, 0.25) is 5.91 Å². The molecule has 1 rings (SSSR count). The molecule has 0 radical (unpaired) electrons. The molecule has 0 saturated carbocycles. The van der Waals surface area contributed by atoms with E-state index < -0.39 is 49.5 Å². The first-order valence-electron chi connectivity index (χ1n) is 24.1. The molecule has 1 saturated heterocycles. The number of nitrogens with one attached hydrogen (secondary N) is 1. The van der Waals surface area contributed by atoms with E-state index >= 15 is 0 Å². The van der Waals surface area contributed by atoms with E-state index in [0.717, 1.165) is 38.5 Å². The molecule has 0 bridgehead atoms. The van der Waals surface area contributed by atoms with Gasteiger partial charge in [-0.15, -0.1) is 0 Å². The molecule has 57 heavy (non-hydrogen) atoms. The average molecular weight is 810 g/mol. The van der Waals surface area contributed by atoms with Crippen LogP contribution in [0.2, 0.25) is 0 Å². The topological polar surface area (TPSA) is 149 Å². The van der Waals surface area contributed by atoms with E-state index in [2.05, 4.69) is 31.3 Å². The zero-order chi connectivity index (χ0) is 41.6. The molecule has 1 aliphatic rings. The maximum absolute atomic E-state index is 12.9. The van der Waals surface area contributed by atoms with Crippen molar-refractivity contribution in [2.75, 3.05) is 13.2 Å². The summed E-state index contributed by atoms with van der Waals surface area (Å²) in [5.74, 6) is -0.180. The van der Waals surface area contributed by atoms with Crippen LogP contribution >= 0.6 is 0 Å². The third kappa shape index (κ3) is 29.5. The second-order valence-electron chi connectivity index (χ2n) is 16.9. The Bertz CT molecular complexity index is 945. The first kappa shape index (κ1) is 53.7. The first-order valence-corrected chi connectivity index (χ1v) is 24.1. The lowest BCUT2D eigenvalue weighted by molar-refractivity contribution is -0.302.